The standard InChI is InChI=1S/C27H27N9O4S2/c1-41(37,38)24-23(18-11-19-8-9-20(12-18)36(19)42(39,40)27-30-15-31-34-27)33-26-21(14-32-35(26)25(24)28)17-7-10-22(29-13-17)16-5-3-2-4-6-16/h2-7,10,13-15,18-20H,8-9,11-12,28H2,1H3,(H,30,31,34)/t18-,19-,20+. The number of aromatic nitrogens is 7. The van der Waals surface area contributed by atoms with Crippen molar-refractivity contribution < 1.29 is 16.8 Å². The monoisotopic (exact) mass is 605 g/mol. The minimum Gasteiger partial charge on any atom is -0.382 e. The van der Waals surface area contributed by atoms with E-state index in [1.165, 1.54) is 15.1 Å². The van der Waals surface area contributed by atoms with Crippen LogP contribution in [0.4, 0.5) is 5.82 Å². The van der Waals surface area contributed by atoms with Gasteiger partial charge >= 0.3 is 0 Å². The van der Waals surface area contributed by atoms with Crippen molar-refractivity contribution >= 4 is 31.3 Å². The Balaban J connectivity index is 1.30. The highest BCUT2D eigenvalue weighted by Gasteiger charge is 2.49. The number of nitrogens with zero attached hydrogens (tertiary/aromatic N) is 7. The lowest BCUT2D eigenvalue weighted by molar-refractivity contribution is 0.221. The summed E-state index contributed by atoms with van der Waals surface area (Å²) >= 11 is 0. The van der Waals surface area contributed by atoms with Crippen molar-refractivity contribution in [3.8, 4) is 22.4 Å². The molecule has 0 unspecified atom stereocenters. The molecule has 1 aromatic carbocycles. The number of aromatic amines is 1. The highest BCUT2D eigenvalue weighted by Crippen LogP contribution is 2.47. The van der Waals surface area contributed by atoms with Crippen LogP contribution in [0, 0.1) is 0 Å². The average Bonchev–Trinajstić information content (AvgIpc) is 3.72. The molecule has 42 heavy (non-hydrogen) atoms. The van der Waals surface area contributed by atoms with Crippen LogP contribution in [-0.4, -0.2) is 74.2 Å². The van der Waals surface area contributed by atoms with E-state index in [0.717, 1.165) is 23.1 Å². The molecule has 0 aliphatic carbocycles. The van der Waals surface area contributed by atoms with Gasteiger partial charge in [-0.25, -0.2) is 21.8 Å². The van der Waals surface area contributed by atoms with E-state index < -0.39 is 19.9 Å². The lowest BCUT2D eigenvalue weighted by Crippen LogP contribution is -2.46. The quantitative estimate of drug-likeness (QED) is 0.292. The van der Waals surface area contributed by atoms with Gasteiger partial charge in [-0.15, -0.1) is 10.2 Å². The summed E-state index contributed by atoms with van der Waals surface area (Å²) in [6.07, 6.45) is 7.76. The summed E-state index contributed by atoms with van der Waals surface area (Å²) in [5.41, 5.74) is 10.4. The number of nitrogens with one attached hydrogen (secondary N) is 1. The van der Waals surface area contributed by atoms with E-state index in [1.807, 2.05) is 42.5 Å². The molecule has 15 heteroatoms. The fourth-order valence-electron chi connectivity index (χ4n) is 6.38. The normalized spacial score (nSPS) is 21.2. The number of rotatable bonds is 6. The first-order chi connectivity index (χ1) is 20.1. The number of hydrogen-bond acceptors (Lipinski definition) is 10. The molecule has 2 saturated heterocycles. The number of piperidine rings is 1. The van der Waals surface area contributed by atoms with Gasteiger partial charge in [0.25, 0.3) is 15.2 Å². The van der Waals surface area contributed by atoms with Crippen LogP contribution < -0.4 is 5.73 Å². The molecule has 0 radical (unpaired) electrons. The van der Waals surface area contributed by atoms with Crippen LogP contribution in [0.15, 0.2) is 71.2 Å². The molecule has 0 saturated carbocycles. The Hall–Kier alpha value is -4.21. The maximum absolute atomic E-state index is 13.3. The topological polar surface area (TPSA) is 182 Å². The van der Waals surface area contributed by atoms with Crippen molar-refractivity contribution in [2.45, 2.75) is 53.7 Å². The van der Waals surface area contributed by atoms with Gasteiger partial charge in [-0.05, 0) is 31.7 Å². The first-order valence-electron chi connectivity index (χ1n) is 13.4. The smallest absolute Gasteiger partial charge is 0.279 e. The predicted octanol–water partition coefficient (Wildman–Crippen LogP) is 2.66. The second-order valence-electron chi connectivity index (χ2n) is 10.8. The Morgan fingerprint density at radius 1 is 0.952 bits per heavy atom. The zero-order valence-electron chi connectivity index (χ0n) is 22.5. The van der Waals surface area contributed by atoms with Crippen LogP contribution in [0.5, 0.6) is 0 Å². The molecule has 6 heterocycles. The number of H-pyrrole nitrogens is 1. The fourth-order valence-corrected chi connectivity index (χ4v) is 9.16. The van der Waals surface area contributed by atoms with Gasteiger partial charge in [0.15, 0.2) is 15.5 Å². The summed E-state index contributed by atoms with van der Waals surface area (Å²) in [6.45, 7) is 0. The molecule has 3 atom stereocenters. The summed E-state index contributed by atoms with van der Waals surface area (Å²) in [4.78, 5) is 12.0. The molecule has 2 aliphatic rings. The molecule has 2 bridgehead atoms. The molecular formula is C27H27N9O4S2. The van der Waals surface area contributed by atoms with Gasteiger partial charge in [-0.3, -0.25) is 4.98 Å². The van der Waals surface area contributed by atoms with Gasteiger partial charge in [0.1, 0.15) is 17.0 Å². The maximum Gasteiger partial charge on any atom is 0.279 e. The van der Waals surface area contributed by atoms with E-state index in [-0.39, 0.29) is 33.9 Å². The van der Waals surface area contributed by atoms with Gasteiger partial charge < -0.3 is 10.7 Å². The number of nitrogen functional groups attached to an aromatic ring is 1. The van der Waals surface area contributed by atoms with E-state index in [2.05, 4.69) is 25.3 Å². The zero-order valence-corrected chi connectivity index (χ0v) is 24.1. The Morgan fingerprint density at radius 3 is 2.31 bits per heavy atom. The van der Waals surface area contributed by atoms with Crippen LogP contribution in [0.3, 0.4) is 0 Å². The fraction of sp³-hybridized carbons (Fsp3) is 0.296. The Morgan fingerprint density at radius 2 is 1.69 bits per heavy atom. The third-order valence-corrected chi connectivity index (χ3v) is 11.1. The van der Waals surface area contributed by atoms with E-state index in [1.54, 1.807) is 12.4 Å². The van der Waals surface area contributed by atoms with Gasteiger partial charge in [0.2, 0.25) is 0 Å². The summed E-state index contributed by atoms with van der Waals surface area (Å²) in [5, 5.41) is 11.5. The van der Waals surface area contributed by atoms with E-state index in [0.29, 0.717) is 42.6 Å². The number of fused-ring (bicyclic) bond motifs is 3. The molecule has 2 fully saturated rings. The summed E-state index contributed by atoms with van der Waals surface area (Å²) < 4.78 is 55.6. The lowest BCUT2D eigenvalue weighted by Gasteiger charge is -2.37. The van der Waals surface area contributed by atoms with Crippen molar-refractivity contribution in [2.75, 3.05) is 12.0 Å². The molecule has 7 rings (SSSR count). The minimum atomic E-state index is -3.88. The SMILES string of the molecule is CS(=O)(=O)c1c([C@@H]2C[C@H]3CC[C@@H](C2)N3S(=O)(=O)c2nnc[nH]2)nc2c(-c3ccc(-c4ccccc4)nc3)cnn2c1N. The summed E-state index contributed by atoms with van der Waals surface area (Å²) in [7, 11) is -7.68. The molecule has 0 spiro atoms. The van der Waals surface area contributed by atoms with Crippen LogP contribution in [0.25, 0.3) is 28.0 Å². The van der Waals surface area contributed by atoms with Crippen molar-refractivity contribution in [3.63, 3.8) is 0 Å². The molecule has 13 nitrogen and oxygen atoms in total. The number of pyridine rings is 1. The third-order valence-electron chi connectivity index (χ3n) is 8.15. The zero-order chi connectivity index (χ0) is 29.2. The maximum atomic E-state index is 13.3. The Labute approximate surface area is 241 Å². The predicted molar refractivity (Wildman–Crippen MR) is 153 cm³/mol. The number of hydrogen-bond donors (Lipinski definition) is 2. The van der Waals surface area contributed by atoms with Gasteiger partial charge in [-0.2, -0.15) is 13.9 Å². The highest BCUT2D eigenvalue weighted by molar-refractivity contribution is 7.91. The average molecular weight is 606 g/mol. The lowest BCUT2D eigenvalue weighted by atomic mass is 9.89. The van der Waals surface area contributed by atoms with E-state index >= 15 is 0 Å². The van der Waals surface area contributed by atoms with Crippen LogP contribution >= 0.6 is 0 Å². The van der Waals surface area contributed by atoms with Crippen molar-refractivity contribution in [1.29, 1.82) is 0 Å². The third kappa shape index (κ3) is 4.26. The first-order valence-corrected chi connectivity index (χ1v) is 16.7. The second kappa shape index (κ2) is 9.68. The van der Waals surface area contributed by atoms with E-state index in [9.17, 15) is 16.8 Å². The Bertz CT molecular complexity index is 2000. The molecule has 2 aliphatic heterocycles. The van der Waals surface area contributed by atoms with Crippen LogP contribution in [0.2, 0.25) is 0 Å². The highest BCUT2D eigenvalue weighted by atomic mass is 32.2. The number of benzene rings is 1. The Kier molecular flexibility index (Phi) is 6.14. The van der Waals surface area contributed by atoms with Crippen LogP contribution in [-0.2, 0) is 19.9 Å². The second-order valence-corrected chi connectivity index (χ2v) is 14.5. The molecule has 5 aromatic rings. The number of sulfonamides is 1. The summed E-state index contributed by atoms with van der Waals surface area (Å²) in [6, 6.07) is 13.0. The number of sulfone groups is 1. The van der Waals surface area contributed by atoms with Gasteiger partial charge in [0.05, 0.1) is 17.6 Å². The van der Waals surface area contributed by atoms with Gasteiger partial charge in [-0.1, -0.05) is 36.4 Å². The molecular weight excluding hydrogens is 578 g/mol. The molecule has 216 valence electrons. The molecule has 0 amide bonds. The summed E-state index contributed by atoms with van der Waals surface area (Å²) in [5.74, 6) is -0.358. The first kappa shape index (κ1) is 26.7. The largest absolute Gasteiger partial charge is 0.382 e. The number of nitrogens with two attached hydrogens (primary N) is 1. The van der Waals surface area contributed by atoms with Crippen molar-refractivity contribution in [3.05, 3.63) is 66.9 Å². The van der Waals surface area contributed by atoms with Crippen LogP contribution in [0.1, 0.15) is 37.3 Å². The minimum absolute atomic E-state index is 0.0262. The molecule has 4 aromatic heterocycles. The van der Waals surface area contributed by atoms with Crippen molar-refractivity contribution in [1.82, 2.24) is 39.1 Å². The van der Waals surface area contributed by atoms with E-state index in [4.69, 9.17) is 10.7 Å². The van der Waals surface area contributed by atoms with Gasteiger partial charge in [0, 0.05) is 47.1 Å². The van der Waals surface area contributed by atoms with Crippen molar-refractivity contribution in [2.24, 2.45) is 0 Å². The number of anilines is 1. The molecule has 3 N–H and O–H groups in total.